The van der Waals surface area contributed by atoms with E-state index in [4.69, 9.17) is 19.2 Å². The van der Waals surface area contributed by atoms with E-state index in [1.807, 2.05) is 36.9 Å². The second-order valence-corrected chi connectivity index (χ2v) is 8.26. The maximum atomic E-state index is 13.2. The number of hydrogen-bond donors (Lipinski definition) is 2. The molecule has 2 aromatic carbocycles. The maximum Gasteiger partial charge on any atom is 0.272 e. The topological polar surface area (TPSA) is 88.7 Å². The highest BCUT2D eigenvalue weighted by Gasteiger charge is 2.33. The van der Waals surface area contributed by atoms with Crippen LogP contribution >= 0.6 is 0 Å². The summed E-state index contributed by atoms with van der Waals surface area (Å²) in [6, 6.07) is 11.8. The Kier molecular flexibility index (Phi) is 6.24. The molecule has 174 valence electrons. The van der Waals surface area contributed by atoms with Gasteiger partial charge in [-0.25, -0.2) is 9.37 Å². The molecule has 0 aliphatic carbocycles. The predicted octanol–water partition coefficient (Wildman–Crippen LogP) is 3.73. The Morgan fingerprint density at radius 2 is 1.76 bits per heavy atom. The lowest BCUT2D eigenvalue weighted by Gasteiger charge is -2.28. The van der Waals surface area contributed by atoms with E-state index in [-0.39, 0.29) is 18.3 Å². The molecular weight excluding hydrogens is 427 g/mol. The molecule has 1 aromatic heterocycles. The molecule has 0 unspecified atom stereocenters. The van der Waals surface area contributed by atoms with E-state index in [1.54, 1.807) is 26.4 Å². The number of carbonyl (C=O) groups is 1. The summed E-state index contributed by atoms with van der Waals surface area (Å²) in [4.78, 5) is 22.3. The second-order valence-electron chi connectivity index (χ2n) is 8.26. The van der Waals surface area contributed by atoms with Crippen molar-refractivity contribution in [1.82, 2.24) is 15.3 Å². The van der Waals surface area contributed by atoms with Gasteiger partial charge in [-0.3, -0.25) is 4.79 Å². The number of imidazole rings is 1. The molecule has 1 aliphatic rings. The van der Waals surface area contributed by atoms with Crippen molar-refractivity contribution in [2.75, 3.05) is 25.8 Å². The summed E-state index contributed by atoms with van der Waals surface area (Å²) in [6.45, 7) is 4.85. The molecule has 0 bridgehead atoms. The number of ether oxygens (including phenoxy) is 3. The van der Waals surface area contributed by atoms with Crippen molar-refractivity contribution < 1.29 is 23.4 Å². The third kappa shape index (κ3) is 4.78. The summed E-state index contributed by atoms with van der Waals surface area (Å²) in [5.74, 6) is 1.86. The van der Waals surface area contributed by atoms with E-state index >= 15 is 0 Å². The first kappa shape index (κ1) is 22.6. The normalized spacial score (nSPS) is 13.5. The summed E-state index contributed by atoms with van der Waals surface area (Å²) >= 11 is 0. The van der Waals surface area contributed by atoms with Crippen molar-refractivity contribution in [3.05, 3.63) is 70.9 Å². The van der Waals surface area contributed by atoms with Gasteiger partial charge in [-0.15, -0.1) is 0 Å². The fraction of sp³-hybridized carbons (Fsp3) is 0.333. The van der Waals surface area contributed by atoms with Gasteiger partial charge < -0.3 is 29.4 Å². The molecule has 3 aromatic rings. The predicted molar refractivity (Wildman–Crippen MR) is 121 cm³/mol. The summed E-state index contributed by atoms with van der Waals surface area (Å²) < 4.78 is 29.9. The Labute approximate surface area is 191 Å². The first-order valence-corrected chi connectivity index (χ1v) is 10.5. The quantitative estimate of drug-likeness (QED) is 0.539. The molecule has 0 saturated carbocycles. The molecule has 4 rings (SSSR count). The van der Waals surface area contributed by atoms with Crippen molar-refractivity contribution >= 4 is 11.7 Å². The number of methoxy groups -OCH3 is 2. The SMILES string of the molecule is COc1ccc(CN2CNC(=O)c3[nH]c(C(C)(C)OCc4ccc(F)cc4)nc32)cc1OC. The zero-order chi connectivity index (χ0) is 23.6. The third-order valence-electron chi connectivity index (χ3n) is 5.55. The van der Waals surface area contributed by atoms with Gasteiger partial charge in [0, 0.05) is 6.54 Å². The molecular formula is C24H27FN4O4. The highest BCUT2D eigenvalue weighted by atomic mass is 19.1. The Morgan fingerprint density at radius 1 is 1.06 bits per heavy atom. The Balaban J connectivity index is 1.55. The van der Waals surface area contributed by atoms with Gasteiger partial charge in [-0.2, -0.15) is 0 Å². The largest absolute Gasteiger partial charge is 0.493 e. The fourth-order valence-electron chi connectivity index (χ4n) is 3.61. The fourth-order valence-corrected chi connectivity index (χ4v) is 3.61. The minimum atomic E-state index is -0.805. The number of halogens is 1. The number of hydrogen-bond acceptors (Lipinski definition) is 6. The van der Waals surface area contributed by atoms with Crippen LogP contribution < -0.4 is 19.7 Å². The number of aromatic amines is 1. The van der Waals surface area contributed by atoms with Crippen molar-refractivity contribution in [1.29, 1.82) is 0 Å². The third-order valence-corrected chi connectivity index (χ3v) is 5.55. The lowest BCUT2D eigenvalue weighted by molar-refractivity contribution is -0.0394. The molecule has 8 nitrogen and oxygen atoms in total. The number of rotatable bonds is 8. The zero-order valence-electron chi connectivity index (χ0n) is 19.1. The van der Waals surface area contributed by atoms with Gasteiger partial charge in [-0.05, 0) is 49.2 Å². The van der Waals surface area contributed by atoms with Crippen LogP contribution in [0.5, 0.6) is 11.5 Å². The Hall–Kier alpha value is -3.59. The highest BCUT2D eigenvalue weighted by Crippen LogP contribution is 2.32. The van der Waals surface area contributed by atoms with Crippen molar-refractivity contribution in [2.45, 2.75) is 32.6 Å². The summed E-state index contributed by atoms with van der Waals surface area (Å²) in [7, 11) is 3.18. The first-order chi connectivity index (χ1) is 15.8. The highest BCUT2D eigenvalue weighted by molar-refractivity contribution is 5.99. The number of H-pyrrole nitrogens is 1. The molecule has 0 atom stereocenters. The smallest absolute Gasteiger partial charge is 0.272 e. The molecule has 2 N–H and O–H groups in total. The number of fused-ring (bicyclic) bond motifs is 1. The minimum absolute atomic E-state index is 0.221. The van der Waals surface area contributed by atoms with Gasteiger partial charge >= 0.3 is 0 Å². The van der Waals surface area contributed by atoms with Gasteiger partial charge in [0.25, 0.3) is 5.91 Å². The number of amides is 1. The number of nitrogens with zero attached hydrogens (tertiary/aromatic N) is 2. The lowest BCUT2D eigenvalue weighted by atomic mass is 10.1. The first-order valence-electron chi connectivity index (χ1n) is 10.5. The van der Waals surface area contributed by atoms with E-state index in [2.05, 4.69) is 10.3 Å². The average molecular weight is 455 g/mol. The van der Waals surface area contributed by atoms with E-state index in [0.717, 1.165) is 11.1 Å². The standard InChI is InChI=1S/C24H27FN4O4/c1-24(2,33-13-15-5-8-17(25)9-6-15)23-27-20-21(28-23)29(14-26-22(20)30)12-16-7-10-18(31-3)19(11-16)32-4/h5-11H,12-14H2,1-4H3,(H,26,30)(H,27,28). The molecule has 33 heavy (non-hydrogen) atoms. The number of anilines is 1. The van der Waals surface area contributed by atoms with Gasteiger partial charge in [0.1, 0.15) is 22.9 Å². The molecule has 1 aliphatic heterocycles. The van der Waals surface area contributed by atoms with Gasteiger partial charge in [-0.1, -0.05) is 18.2 Å². The summed E-state index contributed by atoms with van der Waals surface area (Å²) in [6.07, 6.45) is 0. The molecule has 0 saturated heterocycles. The minimum Gasteiger partial charge on any atom is -0.493 e. The monoisotopic (exact) mass is 454 g/mol. The van der Waals surface area contributed by atoms with E-state index < -0.39 is 5.60 Å². The Bertz CT molecular complexity index is 1140. The van der Waals surface area contributed by atoms with E-state index in [9.17, 15) is 9.18 Å². The van der Waals surface area contributed by atoms with Crippen molar-refractivity contribution in [3.8, 4) is 11.5 Å². The zero-order valence-corrected chi connectivity index (χ0v) is 19.1. The second kappa shape index (κ2) is 9.11. The van der Waals surface area contributed by atoms with E-state index in [1.165, 1.54) is 12.1 Å². The van der Waals surface area contributed by atoms with Gasteiger partial charge in [0.2, 0.25) is 0 Å². The van der Waals surface area contributed by atoms with Crippen LogP contribution in [0.3, 0.4) is 0 Å². The maximum absolute atomic E-state index is 13.2. The number of aromatic nitrogens is 2. The number of carbonyl (C=O) groups excluding carboxylic acids is 1. The van der Waals surface area contributed by atoms with Crippen LogP contribution in [-0.2, 0) is 23.5 Å². The van der Waals surface area contributed by atoms with Crippen LogP contribution in [0.1, 0.15) is 41.3 Å². The molecule has 9 heteroatoms. The molecule has 0 radical (unpaired) electrons. The van der Waals surface area contributed by atoms with Crippen LogP contribution in [0.2, 0.25) is 0 Å². The van der Waals surface area contributed by atoms with Crippen LogP contribution in [-0.4, -0.2) is 36.8 Å². The molecule has 0 fully saturated rings. The van der Waals surface area contributed by atoms with E-state index in [0.29, 0.717) is 42.0 Å². The lowest BCUT2D eigenvalue weighted by Crippen LogP contribution is -2.43. The van der Waals surface area contributed by atoms with Crippen LogP contribution in [0.15, 0.2) is 42.5 Å². The average Bonchev–Trinajstić information content (AvgIpc) is 3.28. The van der Waals surface area contributed by atoms with Crippen LogP contribution in [0.4, 0.5) is 10.2 Å². The number of nitrogens with one attached hydrogen (secondary N) is 2. The van der Waals surface area contributed by atoms with Crippen LogP contribution in [0, 0.1) is 5.82 Å². The molecule has 0 spiro atoms. The molecule has 2 heterocycles. The Morgan fingerprint density at radius 3 is 2.45 bits per heavy atom. The van der Waals surface area contributed by atoms with Crippen LogP contribution in [0.25, 0.3) is 0 Å². The molecule has 1 amide bonds. The van der Waals surface area contributed by atoms with Crippen molar-refractivity contribution in [2.24, 2.45) is 0 Å². The van der Waals surface area contributed by atoms with Gasteiger partial charge in [0.15, 0.2) is 17.3 Å². The van der Waals surface area contributed by atoms with Crippen molar-refractivity contribution in [3.63, 3.8) is 0 Å². The van der Waals surface area contributed by atoms with Gasteiger partial charge in [0.05, 0.1) is 27.5 Å². The number of benzene rings is 2. The summed E-state index contributed by atoms with van der Waals surface area (Å²) in [5, 5.41) is 2.87. The summed E-state index contributed by atoms with van der Waals surface area (Å²) in [5.41, 5.74) is 1.40.